The van der Waals surface area contributed by atoms with Crippen molar-refractivity contribution in [3.05, 3.63) is 102 Å². The molecule has 5 rings (SSSR count). The number of hydrogen-bond donors (Lipinski definition) is 2. The number of ether oxygens (including phenoxy) is 1. The molecule has 4 aromatic rings. The number of aliphatic carboxylic acids is 1. The summed E-state index contributed by atoms with van der Waals surface area (Å²) < 4.78 is 7.24. The minimum atomic E-state index is -1.12. The Bertz CT molecular complexity index is 1330. The number of rotatable bonds is 7. The second-order valence-corrected chi connectivity index (χ2v) is 8.66. The predicted molar refractivity (Wildman–Crippen MR) is 132 cm³/mol. The Kier molecular flexibility index (Phi) is 6.06. The third-order valence-electron chi connectivity index (χ3n) is 6.37. The molecular formula is C28H25N3O4. The van der Waals surface area contributed by atoms with Gasteiger partial charge in [-0.1, -0.05) is 72.8 Å². The largest absolute Gasteiger partial charge is 0.480 e. The van der Waals surface area contributed by atoms with Gasteiger partial charge in [-0.25, -0.2) is 9.59 Å². The fourth-order valence-electron chi connectivity index (χ4n) is 4.62. The first kappa shape index (κ1) is 22.4. The Balaban J connectivity index is 1.23. The van der Waals surface area contributed by atoms with Gasteiger partial charge in [0.1, 0.15) is 12.6 Å². The molecule has 0 bridgehead atoms. The van der Waals surface area contributed by atoms with Crippen LogP contribution in [0.1, 0.15) is 22.6 Å². The van der Waals surface area contributed by atoms with Crippen LogP contribution in [0.2, 0.25) is 0 Å². The predicted octanol–water partition coefficient (Wildman–Crippen LogP) is 4.62. The van der Waals surface area contributed by atoms with E-state index in [1.165, 1.54) is 0 Å². The van der Waals surface area contributed by atoms with E-state index in [1.807, 2.05) is 73.9 Å². The van der Waals surface area contributed by atoms with Gasteiger partial charge in [-0.05, 0) is 33.4 Å². The molecule has 0 saturated heterocycles. The minimum absolute atomic E-state index is 0.0866. The number of aromatic nitrogens is 2. The molecule has 7 nitrogen and oxygen atoms in total. The maximum Gasteiger partial charge on any atom is 0.407 e. The van der Waals surface area contributed by atoms with Gasteiger partial charge in [-0.3, -0.25) is 4.68 Å². The molecule has 0 spiro atoms. The van der Waals surface area contributed by atoms with E-state index in [4.69, 9.17) is 4.74 Å². The molecule has 1 aliphatic carbocycles. The fraction of sp³-hybridized carbons (Fsp3) is 0.179. The maximum absolute atomic E-state index is 12.6. The van der Waals surface area contributed by atoms with Crippen LogP contribution in [-0.2, 0) is 23.0 Å². The lowest BCUT2D eigenvalue weighted by molar-refractivity contribution is -0.139. The smallest absolute Gasteiger partial charge is 0.407 e. The topological polar surface area (TPSA) is 93.5 Å². The van der Waals surface area contributed by atoms with Gasteiger partial charge >= 0.3 is 12.1 Å². The Morgan fingerprint density at radius 2 is 1.60 bits per heavy atom. The Labute approximate surface area is 203 Å². The number of nitrogens with zero attached hydrogens (tertiary/aromatic N) is 2. The molecule has 0 fully saturated rings. The van der Waals surface area contributed by atoms with Gasteiger partial charge in [0.25, 0.3) is 0 Å². The molecule has 1 heterocycles. The summed E-state index contributed by atoms with van der Waals surface area (Å²) in [5.41, 5.74) is 7.23. The molecule has 1 aliphatic rings. The zero-order valence-corrected chi connectivity index (χ0v) is 19.2. The molecule has 2 N–H and O–H groups in total. The van der Waals surface area contributed by atoms with Crippen molar-refractivity contribution < 1.29 is 19.4 Å². The summed E-state index contributed by atoms with van der Waals surface area (Å²) in [6.45, 7) is 0.131. The SMILES string of the molecule is Cn1cc(-c2ccc(C[C@H](NC(=O)OCC3c4ccccc4-c4ccccc43)C(=O)O)cc2)cn1. The average molecular weight is 468 g/mol. The first-order valence-corrected chi connectivity index (χ1v) is 11.4. The lowest BCUT2D eigenvalue weighted by Gasteiger charge is -2.17. The number of aryl methyl sites for hydroxylation is 1. The Morgan fingerprint density at radius 1 is 0.971 bits per heavy atom. The summed E-state index contributed by atoms with van der Waals surface area (Å²) in [6.07, 6.45) is 3.08. The Morgan fingerprint density at radius 3 is 2.17 bits per heavy atom. The molecule has 0 saturated carbocycles. The monoisotopic (exact) mass is 467 g/mol. The van der Waals surface area contributed by atoms with E-state index in [0.29, 0.717) is 0 Å². The molecule has 0 unspecified atom stereocenters. The molecule has 3 aromatic carbocycles. The maximum atomic E-state index is 12.6. The highest BCUT2D eigenvalue weighted by Crippen LogP contribution is 2.44. The molecule has 1 aromatic heterocycles. The van der Waals surface area contributed by atoms with Gasteiger partial charge in [0.15, 0.2) is 0 Å². The van der Waals surface area contributed by atoms with Crippen molar-refractivity contribution in [3.8, 4) is 22.3 Å². The van der Waals surface area contributed by atoms with Crippen molar-refractivity contribution in [3.63, 3.8) is 0 Å². The highest BCUT2D eigenvalue weighted by atomic mass is 16.5. The summed E-state index contributed by atoms with van der Waals surface area (Å²) in [5.74, 6) is -1.20. The van der Waals surface area contributed by atoms with Crippen LogP contribution >= 0.6 is 0 Å². The van der Waals surface area contributed by atoms with Crippen molar-refractivity contribution in [2.75, 3.05) is 6.61 Å². The van der Waals surface area contributed by atoms with Crippen LogP contribution in [-0.4, -0.2) is 39.6 Å². The Hall–Kier alpha value is -4.39. The van der Waals surface area contributed by atoms with Crippen LogP contribution in [0, 0.1) is 0 Å². The van der Waals surface area contributed by atoms with E-state index in [2.05, 4.69) is 22.5 Å². The number of amides is 1. The van der Waals surface area contributed by atoms with Gasteiger partial charge in [-0.2, -0.15) is 5.10 Å². The summed E-state index contributed by atoms with van der Waals surface area (Å²) in [5, 5.41) is 16.4. The molecule has 0 radical (unpaired) electrons. The van der Waals surface area contributed by atoms with E-state index in [-0.39, 0.29) is 18.9 Å². The molecule has 35 heavy (non-hydrogen) atoms. The van der Waals surface area contributed by atoms with Crippen molar-refractivity contribution in [1.82, 2.24) is 15.1 Å². The number of carboxylic acid groups (broad SMARTS) is 1. The van der Waals surface area contributed by atoms with E-state index < -0.39 is 18.1 Å². The lowest BCUT2D eigenvalue weighted by Crippen LogP contribution is -2.42. The van der Waals surface area contributed by atoms with E-state index in [9.17, 15) is 14.7 Å². The van der Waals surface area contributed by atoms with E-state index in [0.717, 1.165) is 38.9 Å². The normalized spacial score (nSPS) is 13.1. The number of carboxylic acids is 1. The third kappa shape index (κ3) is 4.66. The van der Waals surface area contributed by atoms with Crippen molar-refractivity contribution in [1.29, 1.82) is 0 Å². The first-order valence-electron chi connectivity index (χ1n) is 11.4. The lowest BCUT2D eigenvalue weighted by atomic mass is 9.98. The molecular weight excluding hydrogens is 442 g/mol. The second-order valence-electron chi connectivity index (χ2n) is 8.66. The summed E-state index contributed by atoms with van der Waals surface area (Å²) in [7, 11) is 1.85. The minimum Gasteiger partial charge on any atom is -0.480 e. The number of nitrogens with one attached hydrogen (secondary N) is 1. The van der Waals surface area contributed by atoms with Crippen LogP contribution in [0.3, 0.4) is 0 Å². The number of alkyl carbamates (subject to hydrolysis) is 1. The molecule has 7 heteroatoms. The van der Waals surface area contributed by atoms with Crippen molar-refractivity contribution >= 4 is 12.1 Å². The summed E-state index contributed by atoms with van der Waals surface area (Å²) in [4.78, 5) is 24.4. The van der Waals surface area contributed by atoms with Crippen LogP contribution in [0.15, 0.2) is 85.2 Å². The van der Waals surface area contributed by atoms with Crippen LogP contribution in [0.5, 0.6) is 0 Å². The highest BCUT2D eigenvalue weighted by Gasteiger charge is 2.29. The second kappa shape index (κ2) is 9.46. The number of carbonyl (C=O) groups is 2. The van der Waals surface area contributed by atoms with E-state index >= 15 is 0 Å². The van der Waals surface area contributed by atoms with E-state index in [1.54, 1.807) is 10.9 Å². The van der Waals surface area contributed by atoms with Gasteiger partial charge in [0.05, 0.1) is 6.20 Å². The number of hydrogen-bond acceptors (Lipinski definition) is 4. The van der Waals surface area contributed by atoms with Crippen molar-refractivity contribution in [2.45, 2.75) is 18.4 Å². The molecule has 1 amide bonds. The zero-order valence-electron chi connectivity index (χ0n) is 19.2. The highest BCUT2D eigenvalue weighted by molar-refractivity contribution is 5.81. The number of fused-ring (bicyclic) bond motifs is 3. The van der Waals surface area contributed by atoms with Gasteiger partial charge in [0.2, 0.25) is 0 Å². The zero-order chi connectivity index (χ0) is 24.4. The van der Waals surface area contributed by atoms with Crippen LogP contribution in [0.4, 0.5) is 4.79 Å². The standard InChI is InChI=1S/C28H25N3O4/c1-31-16-20(15-29-31)19-12-10-18(11-13-19)14-26(27(32)33)30-28(34)35-17-25-23-8-4-2-6-21(23)22-7-3-5-9-24(22)25/h2-13,15-16,25-26H,14,17H2,1H3,(H,30,34)(H,32,33)/t26-/m0/s1. The van der Waals surface area contributed by atoms with Gasteiger partial charge in [-0.15, -0.1) is 0 Å². The van der Waals surface area contributed by atoms with Crippen molar-refractivity contribution in [2.24, 2.45) is 7.05 Å². The fourth-order valence-corrected chi connectivity index (χ4v) is 4.62. The first-order chi connectivity index (χ1) is 17.0. The van der Waals surface area contributed by atoms with Gasteiger partial charge < -0.3 is 15.2 Å². The summed E-state index contributed by atoms with van der Waals surface area (Å²) >= 11 is 0. The molecule has 0 aliphatic heterocycles. The molecule has 1 atom stereocenters. The number of carbonyl (C=O) groups excluding carboxylic acids is 1. The summed E-state index contributed by atoms with van der Waals surface area (Å²) in [6, 6.07) is 22.6. The van der Waals surface area contributed by atoms with Crippen LogP contribution in [0.25, 0.3) is 22.3 Å². The average Bonchev–Trinajstić information content (AvgIpc) is 3.44. The van der Waals surface area contributed by atoms with Crippen LogP contribution < -0.4 is 5.32 Å². The number of benzene rings is 3. The molecule has 176 valence electrons. The third-order valence-corrected chi connectivity index (χ3v) is 6.37. The quantitative estimate of drug-likeness (QED) is 0.414. The van der Waals surface area contributed by atoms with Gasteiger partial charge in [0, 0.05) is 31.1 Å².